The van der Waals surface area contributed by atoms with Crippen LogP contribution in [0, 0.1) is 5.82 Å². The van der Waals surface area contributed by atoms with Gasteiger partial charge in [-0.1, -0.05) is 24.6 Å². The molecule has 0 atom stereocenters. The smallest absolute Gasteiger partial charge is 0.198 e. The molecule has 1 N–H and O–H groups in total. The summed E-state index contributed by atoms with van der Waals surface area (Å²) < 4.78 is 25.5. The van der Waals surface area contributed by atoms with Gasteiger partial charge in [-0.2, -0.15) is 0 Å². The number of carbonyl (C=O) groups is 1. The predicted molar refractivity (Wildman–Crippen MR) is 111 cm³/mol. The highest BCUT2D eigenvalue weighted by Gasteiger charge is 2.47. The van der Waals surface area contributed by atoms with E-state index in [-0.39, 0.29) is 27.9 Å². The second-order valence-electron chi connectivity index (χ2n) is 8.02. The highest BCUT2D eigenvalue weighted by Crippen LogP contribution is 2.41. The van der Waals surface area contributed by atoms with E-state index in [1.807, 2.05) is 6.92 Å². The van der Waals surface area contributed by atoms with Crippen molar-refractivity contribution in [2.45, 2.75) is 52.2 Å². The van der Waals surface area contributed by atoms with E-state index in [4.69, 9.17) is 21.1 Å². The Morgan fingerprint density at radius 2 is 1.79 bits per heavy atom. The zero-order valence-corrected chi connectivity index (χ0v) is 17.9. The third-order valence-corrected chi connectivity index (χ3v) is 5.18. The van der Waals surface area contributed by atoms with E-state index in [1.165, 1.54) is 12.1 Å². The molecule has 1 heterocycles. The predicted octanol–water partition coefficient (Wildman–Crippen LogP) is 6.26. The first kappa shape index (κ1) is 21.3. The van der Waals surface area contributed by atoms with Gasteiger partial charge < -0.3 is 14.6 Å². The standard InChI is InChI=1S/C23H24ClFO4/c1-6-13-11-15(28-18-10-7-14(24)12-17(18)25)8-9-16(13)19-20(26)22(2,3)29-23(4,5)21(19)27/h7-12,26H,6H2,1-5H3. The average molecular weight is 419 g/mol. The monoisotopic (exact) mass is 418 g/mol. The maximum atomic E-state index is 14.1. The molecule has 4 nitrogen and oxygen atoms in total. The van der Waals surface area contributed by atoms with E-state index in [2.05, 4.69) is 0 Å². The van der Waals surface area contributed by atoms with E-state index in [0.29, 0.717) is 17.7 Å². The Labute approximate surface area is 174 Å². The lowest BCUT2D eigenvalue weighted by Gasteiger charge is -2.40. The number of halogens is 2. The van der Waals surface area contributed by atoms with Crippen molar-refractivity contribution in [3.05, 3.63) is 64.1 Å². The number of benzene rings is 2. The molecule has 3 rings (SSSR count). The molecule has 0 saturated carbocycles. The molecule has 0 amide bonds. The highest BCUT2D eigenvalue weighted by molar-refractivity contribution is 6.30. The Kier molecular flexibility index (Phi) is 5.50. The normalized spacial score (nSPS) is 18.1. The van der Waals surface area contributed by atoms with Crippen LogP contribution in [0.3, 0.4) is 0 Å². The molecule has 1 aliphatic heterocycles. The van der Waals surface area contributed by atoms with E-state index in [0.717, 1.165) is 5.56 Å². The average Bonchev–Trinajstić information content (AvgIpc) is 2.63. The van der Waals surface area contributed by atoms with Crippen molar-refractivity contribution in [3.8, 4) is 11.5 Å². The van der Waals surface area contributed by atoms with Crippen molar-refractivity contribution < 1.29 is 23.8 Å². The first-order valence-electron chi connectivity index (χ1n) is 9.41. The molecule has 6 heteroatoms. The van der Waals surface area contributed by atoms with Crippen molar-refractivity contribution in [1.29, 1.82) is 0 Å². The van der Waals surface area contributed by atoms with E-state index in [9.17, 15) is 14.3 Å². The summed E-state index contributed by atoms with van der Waals surface area (Å²) in [6, 6.07) is 9.28. The number of aliphatic hydroxyl groups excluding tert-OH is 1. The number of aryl methyl sites for hydroxylation is 1. The zero-order chi connectivity index (χ0) is 21.6. The minimum absolute atomic E-state index is 0.0516. The van der Waals surface area contributed by atoms with Crippen LogP contribution in [0.15, 0.2) is 42.2 Å². The van der Waals surface area contributed by atoms with E-state index in [1.54, 1.807) is 52.0 Å². The van der Waals surface area contributed by atoms with Crippen molar-refractivity contribution in [1.82, 2.24) is 0 Å². The molecule has 0 spiro atoms. The van der Waals surface area contributed by atoms with Crippen molar-refractivity contribution in [2.24, 2.45) is 0 Å². The van der Waals surface area contributed by atoms with Crippen LogP contribution in [0.2, 0.25) is 5.02 Å². The molecule has 0 saturated heterocycles. The maximum Gasteiger partial charge on any atom is 0.198 e. The van der Waals surface area contributed by atoms with Crippen LogP contribution in [0.4, 0.5) is 4.39 Å². The van der Waals surface area contributed by atoms with Gasteiger partial charge in [-0.05, 0) is 75.6 Å². The van der Waals surface area contributed by atoms with Gasteiger partial charge in [0.25, 0.3) is 0 Å². The summed E-state index contributed by atoms with van der Waals surface area (Å²) in [5, 5.41) is 11.1. The van der Waals surface area contributed by atoms with Crippen molar-refractivity contribution in [2.75, 3.05) is 0 Å². The summed E-state index contributed by atoms with van der Waals surface area (Å²) in [5.74, 6) is -0.487. The Balaban J connectivity index is 2.06. The van der Waals surface area contributed by atoms with Gasteiger partial charge in [0.05, 0.1) is 5.57 Å². The fraction of sp³-hybridized carbons (Fsp3) is 0.348. The van der Waals surface area contributed by atoms with Crippen LogP contribution < -0.4 is 4.74 Å². The van der Waals surface area contributed by atoms with Crippen molar-refractivity contribution in [3.63, 3.8) is 0 Å². The van der Waals surface area contributed by atoms with Crippen LogP contribution in [-0.2, 0) is 16.0 Å². The highest BCUT2D eigenvalue weighted by atomic mass is 35.5. The number of ether oxygens (including phenoxy) is 2. The maximum absolute atomic E-state index is 14.1. The largest absolute Gasteiger partial charge is 0.508 e. The fourth-order valence-electron chi connectivity index (χ4n) is 3.55. The minimum atomic E-state index is -1.07. The first-order chi connectivity index (χ1) is 13.5. The number of aliphatic hydroxyl groups is 1. The zero-order valence-electron chi connectivity index (χ0n) is 17.1. The van der Waals surface area contributed by atoms with Gasteiger partial charge in [0.1, 0.15) is 22.7 Å². The van der Waals surface area contributed by atoms with Crippen LogP contribution in [0.1, 0.15) is 45.7 Å². The SMILES string of the molecule is CCc1cc(Oc2ccc(Cl)cc2F)ccc1C1=C(O)C(C)(C)OC(C)(C)C1=O. The van der Waals surface area contributed by atoms with Crippen LogP contribution in [-0.4, -0.2) is 22.1 Å². The number of carbonyl (C=O) groups excluding carboxylic acids is 1. The minimum Gasteiger partial charge on any atom is -0.508 e. The summed E-state index contributed by atoms with van der Waals surface area (Å²) in [5.41, 5.74) is -0.423. The Morgan fingerprint density at radius 1 is 1.10 bits per heavy atom. The fourth-order valence-corrected chi connectivity index (χ4v) is 3.71. The van der Waals surface area contributed by atoms with Gasteiger partial charge in [0.15, 0.2) is 17.3 Å². The molecule has 0 fully saturated rings. The van der Waals surface area contributed by atoms with Crippen molar-refractivity contribution >= 4 is 23.0 Å². The number of hydrogen-bond acceptors (Lipinski definition) is 4. The Bertz CT molecular complexity index is 1010. The molecule has 29 heavy (non-hydrogen) atoms. The number of rotatable bonds is 4. The molecule has 2 aromatic rings. The molecular formula is C23H24ClFO4. The quantitative estimate of drug-likeness (QED) is 0.636. The Morgan fingerprint density at radius 3 is 2.41 bits per heavy atom. The van der Waals surface area contributed by atoms with E-state index < -0.39 is 17.0 Å². The summed E-state index contributed by atoms with van der Waals surface area (Å²) >= 11 is 5.78. The molecule has 2 aromatic carbocycles. The molecule has 0 aliphatic carbocycles. The third kappa shape index (κ3) is 4.02. The summed E-state index contributed by atoms with van der Waals surface area (Å²) in [4.78, 5) is 13.0. The number of hydrogen-bond donors (Lipinski definition) is 1. The van der Waals surface area contributed by atoms with Gasteiger partial charge >= 0.3 is 0 Å². The molecule has 0 aromatic heterocycles. The molecule has 0 radical (unpaired) electrons. The van der Waals surface area contributed by atoms with Gasteiger partial charge in [-0.15, -0.1) is 0 Å². The number of Topliss-reactive ketones (excluding diaryl/α,β-unsaturated/α-hetero) is 1. The lowest BCUT2D eigenvalue weighted by atomic mass is 9.81. The Hall–Kier alpha value is -2.37. The van der Waals surface area contributed by atoms with Gasteiger partial charge in [-0.25, -0.2) is 4.39 Å². The van der Waals surface area contributed by atoms with Gasteiger partial charge in [-0.3, -0.25) is 4.79 Å². The molecular weight excluding hydrogens is 395 g/mol. The second kappa shape index (κ2) is 7.47. The summed E-state index contributed by atoms with van der Waals surface area (Å²) in [6.07, 6.45) is 0.585. The van der Waals surface area contributed by atoms with E-state index >= 15 is 0 Å². The lowest BCUT2D eigenvalue weighted by Crippen LogP contribution is -2.49. The summed E-state index contributed by atoms with van der Waals surface area (Å²) in [6.45, 7) is 8.76. The van der Waals surface area contributed by atoms with Crippen LogP contribution in [0.5, 0.6) is 11.5 Å². The molecule has 1 aliphatic rings. The van der Waals surface area contributed by atoms with Gasteiger partial charge in [0.2, 0.25) is 0 Å². The van der Waals surface area contributed by atoms with Crippen LogP contribution >= 0.6 is 11.6 Å². The molecule has 0 bridgehead atoms. The lowest BCUT2D eigenvalue weighted by molar-refractivity contribution is -0.158. The van der Waals surface area contributed by atoms with Gasteiger partial charge in [0, 0.05) is 5.02 Å². The molecule has 0 unspecified atom stereocenters. The first-order valence-corrected chi connectivity index (χ1v) is 9.79. The number of ketones is 1. The summed E-state index contributed by atoms with van der Waals surface area (Å²) in [7, 11) is 0. The third-order valence-electron chi connectivity index (χ3n) is 4.94. The van der Waals surface area contributed by atoms with Crippen LogP contribution in [0.25, 0.3) is 5.57 Å². The molecule has 154 valence electrons. The second-order valence-corrected chi connectivity index (χ2v) is 8.46. The topological polar surface area (TPSA) is 55.8 Å².